The molecule has 0 amide bonds. The third kappa shape index (κ3) is 2.90. The average molecular weight is 278 g/mol. The third-order valence-electron chi connectivity index (χ3n) is 3.16. The molecule has 0 heterocycles. The van der Waals surface area contributed by atoms with Gasteiger partial charge in [-0.15, -0.1) is 0 Å². The second-order valence-corrected chi connectivity index (χ2v) is 4.66. The zero-order valence-electron chi connectivity index (χ0n) is 11.1. The van der Waals surface area contributed by atoms with Gasteiger partial charge in [0.1, 0.15) is 0 Å². The normalized spacial score (nSPS) is 11.4. The van der Waals surface area contributed by atoms with E-state index in [1.165, 1.54) is 13.0 Å². The van der Waals surface area contributed by atoms with Crippen molar-refractivity contribution in [1.82, 2.24) is 0 Å². The van der Waals surface area contributed by atoms with E-state index in [9.17, 15) is 18.0 Å². The summed E-state index contributed by atoms with van der Waals surface area (Å²) in [6.45, 7) is 3.11. The first-order chi connectivity index (χ1) is 9.29. The maximum Gasteiger partial charge on any atom is 0.416 e. The van der Waals surface area contributed by atoms with Crippen LogP contribution in [-0.2, 0) is 6.18 Å². The third-order valence-corrected chi connectivity index (χ3v) is 3.16. The molecule has 104 valence electrons. The average Bonchev–Trinajstić information content (AvgIpc) is 2.37. The SMILES string of the molecule is CC(=O)c1ccc(-c2ccc(C(F)(F)F)cc2C)cc1. The molecule has 4 heteroatoms. The fraction of sp³-hybridized carbons (Fsp3) is 0.188. The van der Waals surface area contributed by atoms with Gasteiger partial charge in [0.25, 0.3) is 0 Å². The summed E-state index contributed by atoms with van der Waals surface area (Å²) >= 11 is 0. The summed E-state index contributed by atoms with van der Waals surface area (Å²) in [5.41, 5.74) is 2.00. The molecule has 2 aromatic carbocycles. The lowest BCUT2D eigenvalue weighted by Crippen LogP contribution is -2.05. The molecule has 0 aliphatic rings. The van der Waals surface area contributed by atoms with E-state index in [0.717, 1.165) is 23.3 Å². The molecule has 20 heavy (non-hydrogen) atoms. The smallest absolute Gasteiger partial charge is 0.295 e. The Bertz CT molecular complexity index is 640. The summed E-state index contributed by atoms with van der Waals surface area (Å²) in [7, 11) is 0. The number of halogens is 3. The topological polar surface area (TPSA) is 17.1 Å². The van der Waals surface area contributed by atoms with E-state index in [1.54, 1.807) is 31.2 Å². The molecule has 0 spiro atoms. The Morgan fingerprint density at radius 2 is 1.60 bits per heavy atom. The first-order valence-corrected chi connectivity index (χ1v) is 6.08. The maximum absolute atomic E-state index is 12.6. The Morgan fingerprint density at radius 1 is 1.00 bits per heavy atom. The predicted octanol–water partition coefficient (Wildman–Crippen LogP) is 4.88. The highest BCUT2D eigenvalue weighted by atomic mass is 19.4. The van der Waals surface area contributed by atoms with Crippen LogP contribution >= 0.6 is 0 Å². The Kier molecular flexibility index (Phi) is 3.66. The van der Waals surface area contributed by atoms with Crippen LogP contribution in [0.3, 0.4) is 0 Å². The summed E-state index contributed by atoms with van der Waals surface area (Å²) in [6.07, 6.45) is -4.33. The number of alkyl halides is 3. The molecule has 0 aromatic heterocycles. The van der Waals surface area contributed by atoms with Crippen molar-refractivity contribution in [2.75, 3.05) is 0 Å². The zero-order chi connectivity index (χ0) is 14.9. The highest BCUT2D eigenvalue weighted by Gasteiger charge is 2.30. The summed E-state index contributed by atoms with van der Waals surface area (Å²) in [4.78, 5) is 11.2. The van der Waals surface area contributed by atoms with Gasteiger partial charge in [0, 0.05) is 5.56 Å². The first kappa shape index (κ1) is 14.3. The van der Waals surface area contributed by atoms with Crippen LogP contribution in [0.1, 0.15) is 28.4 Å². The molecule has 0 N–H and O–H groups in total. The van der Waals surface area contributed by atoms with Gasteiger partial charge in [-0.05, 0) is 42.7 Å². The van der Waals surface area contributed by atoms with Crippen LogP contribution in [0.25, 0.3) is 11.1 Å². The van der Waals surface area contributed by atoms with Crippen LogP contribution in [0.15, 0.2) is 42.5 Å². The number of ketones is 1. The number of carbonyl (C=O) groups excluding carboxylic acids is 1. The minimum Gasteiger partial charge on any atom is -0.295 e. The van der Waals surface area contributed by atoms with Crippen molar-refractivity contribution in [3.8, 4) is 11.1 Å². The number of benzene rings is 2. The molecule has 1 nitrogen and oxygen atoms in total. The number of aryl methyl sites for hydroxylation is 1. The number of rotatable bonds is 2. The highest BCUT2D eigenvalue weighted by Crippen LogP contribution is 2.33. The van der Waals surface area contributed by atoms with Crippen LogP contribution in [0.5, 0.6) is 0 Å². The molecule has 0 aliphatic heterocycles. The largest absolute Gasteiger partial charge is 0.416 e. The van der Waals surface area contributed by atoms with Crippen LogP contribution in [-0.4, -0.2) is 5.78 Å². The van der Waals surface area contributed by atoms with Crippen molar-refractivity contribution in [2.45, 2.75) is 20.0 Å². The lowest BCUT2D eigenvalue weighted by molar-refractivity contribution is -0.137. The minimum atomic E-state index is -4.33. The number of carbonyl (C=O) groups is 1. The molecule has 0 aliphatic carbocycles. The van der Waals surface area contributed by atoms with E-state index in [2.05, 4.69) is 0 Å². The highest BCUT2D eigenvalue weighted by molar-refractivity contribution is 5.94. The second-order valence-electron chi connectivity index (χ2n) is 4.66. The number of hydrogen-bond donors (Lipinski definition) is 0. The van der Waals surface area contributed by atoms with Crippen LogP contribution in [0.4, 0.5) is 13.2 Å². The minimum absolute atomic E-state index is 0.0410. The van der Waals surface area contributed by atoms with Crippen molar-refractivity contribution in [2.24, 2.45) is 0 Å². The predicted molar refractivity (Wildman–Crippen MR) is 71.6 cm³/mol. The van der Waals surface area contributed by atoms with E-state index in [-0.39, 0.29) is 5.78 Å². The Labute approximate surface area is 115 Å². The van der Waals surface area contributed by atoms with Crippen LogP contribution < -0.4 is 0 Å². The molecule has 2 rings (SSSR count). The molecular weight excluding hydrogens is 265 g/mol. The fourth-order valence-corrected chi connectivity index (χ4v) is 2.05. The zero-order valence-corrected chi connectivity index (χ0v) is 11.1. The monoisotopic (exact) mass is 278 g/mol. The fourth-order valence-electron chi connectivity index (χ4n) is 2.05. The summed E-state index contributed by atoms with van der Waals surface area (Å²) in [5.74, 6) is -0.0410. The van der Waals surface area contributed by atoms with Gasteiger partial charge in [0.15, 0.2) is 5.78 Å². The van der Waals surface area contributed by atoms with Gasteiger partial charge in [-0.25, -0.2) is 0 Å². The molecule has 2 aromatic rings. The number of hydrogen-bond acceptors (Lipinski definition) is 1. The number of Topliss-reactive ketones (excluding diaryl/α,β-unsaturated/α-hetero) is 1. The van der Waals surface area contributed by atoms with Gasteiger partial charge < -0.3 is 0 Å². The van der Waals surface area contributed by atoms with Crippen molar-refractivity contribution in [3.63, 3.8) is 0 Å². The maximum atomic E-state index is 12.6. The Balaban J connectivity index is 2.41. The lowest BCUT2D eigenvalue weighted by Gasteiger charge is -2.11. The van der Waals surface area contributed by atoms with Crippen molar-refractivity contribution in [3.05, 3.63) is 59.2 Å². The quantitative estimate of drug-likeness (QED) is 0.715. The van der Waals surface area contributed by atoms with E-state index in [4.69, 9.17) is 0 Å². The summed E-state index contributed by atoms with van der Waals surface area (Å²) in [6, 6.07) is 10.5. The lowest BCUT2D eigenvalue weighted by atomic mass is 9.97. The van der Waals surface area contributed by atoms with E-state index < -0.39 is 11.7 Å². The standard InChI is InChI=1S/C16H13F3O/c1-10-9-14(16(17,18)19)7-8-15(10)13-5-3-12(4-6-13)11(2)20/h3-9H,1-2H3. The molecule has 0 fully saturated rings. The molecular formula is C16H13F3O. The molecule has 0 atom stereocenters. The molecule has 0 radical (unpaired) electrons. The molecule has 0 saturated heterocycles. The van der Waals surface area contributed by atoms with E-state index >= 15 is 0 Å². The van der Waals surface area contributed by atoms with Gasteiger partial charge in [0.05, 0.1) is 5.56 Å². The van der Waals surface area contributed by atoms with Gasteiger partial charge in [-0.2, -0.15) is 13.2 Å². The van der Waals surface area contributed by atoms with Crippen molar-refractivity contribution < 1.29 is 18.0 Å². The van der Waals surface area contributed by atoms with Gasteiger partial charge >= 0.3 is 6.18 Å². The van der Waals surface area contributed by atoms with Gasteiger partial charge in [0.2, 0.25) is 0 Å². The summed E-state index contributed by atoms with van der Waals surface area (Å²) in [5, 5.41) is 0. The van der Waals surface area contributed by atoms with E-state index in [0.29, 0.717) is 11.1 Å². The van der Waals surface area contributed by atoms with Gasteiger partial charge in [-0.3, -0.25) is 4.79 Å². The Hall–Kier alpha value is -2.10. The molecule has 0 bridgehead atoms. The van der Waals surface area contributed by atoms with Crippen molar-refractivity contribution in [1.29, 1.82) is 0 Å². The van der Waals surface area contributed by atoms with Crippen LogP contribution in [0.2, 0.25) is 0 Å². The molecule has 0 unspecified atom stereocenters. The van der Waals surface area contributed by atoms with Gasteiger partial charge in [-0.1, -0.05) is 30.3 Å². The van der Waals surface area contributed by atoms with E-state index in [1.807, 2.05) is 0 Å². The Morgan fingerprint density at radius 3 is 2.05 bits per heavy atom. The first-order valence-electron chi connectivity index (χ1n) is 6.08. The second kappa shape index (κ2) is 5.12. The summed E-state index contributed by atoms with van der Waals surface area (Å²) < 4.78 is 37.8. The van der Waals surface area contributed by atoms with Crippen LogP contribution in [0, 0.1) is 6.92 Å². The van der Waals surface area contributed by atoms with Crippen molar-refractivity contribution >= 4 is 5.78 Å². The molecule has 0 saturated carbocycles.